The van der Waals surface area contributed by atoms with E-state index in [0.717, 1.165) is 12.0 Å². The molecule has 14 atom stereocenters. The number of piperidine rings is 1. The number of carbonyl (C=O) groups excluding carboxylic acids is 5. The van der Waals surface area contributed by atoms with E-state index in [-0.39, 0.29) is 54.8 Å². The topological polar surface area (TPSA) is 186 Å². The lowest BCUT2D eigenvalue weighted by atomic mass is 9.78. The van der Waals surface area contributed by atoms with Gasteiger partial charge in [-0.1, -0.05) is 88.8 Å². The summed E-state index contributed by atoms with van der Waals surface area (Å²) in [6, 6.07) is -1.13. The van der Waals surface area contributed by atoms with Gasteiger partial charge >= 0.3 is 5.97 Å². The number of fused-ring (bicyclic) bond motifs is 3. The lowest BCUT2D eigenvalue weighted by molar-refractivity contribution is -0.254. The zero-order valence-electron chi connectivity index (χ0n) is 39.1. The van der Waals surface area contributed by atoms with Gasteiger partial charge in [0, 0.05) is 44.9 Å². The lowest BCUT2D eigenvalue weighted by Gasteiger charge is -2.41. The number of amides is 1. The summed E-state index contributed by atoms with van der Waals surface area (Å²) in [5.74, 6) is -7.85. The van der Waals surface area contributed by atoms with Crippen LogP contribution in [0.5, 0.6) is 0 Å². The zero-order chi connectivity index (χ0) is 46.6. The molecule has 4 aliphatic rings. The Bertz CT molecular complexity index is 1750. The van der Waals surface area contributed by atoms with Crippen molar-refractivity contribution in [1.29, 1.82) is 0 Å². The maximum Gasteiger partial charge on any atom is 0.329 e. The SMILES string of the molecule is CO[C@@H]1C[C@@H](C[C@@H](C)[C@@H]2CC(=O)[C@H](C)/C=C(\C)[C@@H](O)[C@@H](OC)C(=O)[C@H](C)C[C@H](C)/C=C/C=C\C=C(C)\C=C\[C@@H]3CC[C@@H](C)[C@@](O)(O3)C(=O)C(=O)N3CCCC[C@H]3C(=O)O2)CC[C@H]1O. The second kappa shape index (κ2) is 24.1. The number of carbonyl (C=O) groups is 5. The smallest absolute Gasteiger partial charge is 0.329 e. The van der Waals surface area contributed by atoms with E-state index in [4.69, 9.17) is 18.9 Å². The second-order valence-corrected chi connectivity index (χ2v) is 18.9. The van der Waals surface area contributed by atoms with Crippen molar-refractivity contribution in [1.82, 2.24) is 4.90 Å². The van der Waals surface area contributed by atoms with Crippen LogP contribution in [0.1, 0.15) is 119 Å². The summed E-state index contributed by atoms with van der Waals surface area (Å²) in [7, 11) is 2.95. The minimum atomic E-state index is -2.41. The monoisotopic (exact) mass is 882 g/mol. The number of aliphatic hydroxyl groups excluding tert-OH is 2. The van der Waals surface area contributed by atoms with Gasteiger partial charge in [-0.05, 0) is 101 Å². The van der Waals surface area contributed by atoms with Crippen molar-refractivity contribution < 1.29 is 58.2 Å². The molecule has 3 aliphatic heterocycles. The fourth-order valence-electron chi connectivity index (χ4n) is 9.54. The molecule has 0 aromatic carbocycles. The van der Waals surface area contributed by atoms with Gasteiger partial charge in [0.2, 0.25) is 5.79 Å². The van der Waals surface area contributed by atoms with E-state index in [0.29, 0.717) is 56.9 Å². The molecule has 3 N–H and O–H groups in total. The second-order valence-electron chi connectivity index (χ2n) is 18.9. The van der Waals surface area contributed by atoms with E-state index in [1.807, 2.05) is 64.2 Å². The van der Waals surface area contributed by atoms with Gasteiger partial charge in [0.05, 0.1) is 18.3 Å². The minimum absolute atomic E-state index is 0.0361. The highest BCUT2D eigenvalue weighted by Crippen LogP contribution is 2.36. The van der Waals surface area contributed by atoms with E-state index in [9.17, 15) is 39.3 Å². The van der Waals surface area contributed by atoms with E-state index < -0.39 is 77.8 Å². The third-order valence-electron chi connectivity index (χ3n) is 13.7. The van der Waals surface area contributed by atoms with Crippen LogP contribution in [-0.2, 0) is 42.9 Å². The number of Topliss-reactive ketones (excluding diaryl/α,β-unsaturated/α-hetero) is 3. The lowest BCUT2D eigenvalue weighted by Crippen LogP contribution is -2.60. The van der Waals surface area contributed by atoms with Crippen LogP contribution in [0.15, 0.2) is 59.8 Å². The average molecular weight is 882 g/mol. The van der Waals surface area contributed by atoms with Gasteiger partial charge in [-0.15, -0.1) is 0 Å². The van der Waals surface area contributed by atoms with Crippen molar-refractivity contribution in [3.05, 3.63) is 59.8 Å². The molecule has 0 aromatic heterocycles. The van der Waals surface area contributed by atoms with Crippen LogP contribution in [0.2, 0.25) is 0 Å². The van der Waals surface area contributed by atoms with Crippen LogP contribution >= 0.6 is 0 Å². The average Bonchev–Trinajstić information content (AvgIpc) is 3.26. The Morgan fingerprint density at radius 1 is 0.889 bits per heavy atom. The highest BCUT2D eigenvalue weighted by molar-refractivity contribution is 6.39. The Morgan fingerprint density at radius 2 is 1.62 bits per heavy atom. The van der Waals surface area contributed by atoms with Gasteiger partial charge in [0.15, 0.2) is 5.78 Å². The number of hydrogen-bond acceptors (Lipinski definition) is 12. The Kier molecular flexibility index (Phi) is 19.9. The molecule has 13 heteroatoms. The molecule has 2 saturated heterocycles. The molecule has 4 rings (SSSR count). The van der Waals surface area contributed by atoms with Gasteiger partial charge in [0.25, 0.3) is 11.7 Å². The van der Waals surface area contributed by atoms with Gasteiger partial charge in [0.1, 0.15) is 30.1 Å². The fourth-order valence-corrected chi connectivity index (χ4v) is 9.54. The van der Waals surface area contributed by atoms with Crippen molar-refractivity contribution in [3.63, 3.8) is 0 Å². The normalized spacial score (nSPS) is 40.4. The standard InChI is InChI=1S/C50H75NO12/c1-30-15-11-10-12-16-31(2)25-34(5)44(54)46(61-9)45(55)35(6)26-32(3)41(53)29-42(33(4)27-37-20-23-40(52)43(28-37)60-8)62-49(58)39-17-13-14-24-51(39)48(57)47(56)50(59)36(7)19-22-38(63-50)21-18-30/h10-12,15-16,18,21,26,31-34,36-40,42-43,45-46,52,55,59H,13-14,17,19-20,22-25,27-29H2,1-9H3/b11-10-,16-12+,21-18+,30-15+,35-26+/t31-,32-,33-,34-,36-,37-,38-,39+,40-,42+,43-,45-,46+,50-/m1/s1. The maximum absolute atomic E-state index is 14.3. The third kappa shape index (κ3) is 14.0. The summed E-state index contributed by atoms with van der Waals surface area (Å²) in [5, 5.41) is 33.6. The first-order chi connectivity index (χ1) is 29.8. The fraction of sp³-hybridized carbons (Fsp3) is 0.700. The van der Waals surface area contributed by atoms with Gasteiger partial charge < -0.3 is 39.2 Å². The molecule has 0 unspecified atom stereocenters. The number of allylic oxidation sites excluding steroid dienone is 8. The molecule has 3 heterocycles. The van der Waals surface area contributed by atoms with Crippen molar-refractivity contribution in [2.45, 2.75) is 168 Å². The number of ether oxygens (including phenoxy) is 4. The van der Waals surface area contributed by atoms with E-state index in [2.05, 4.69) is 0 Å². The first kappa shape index (κ1) is 52.0. The summed E-state index contributed by atoms with van der Waals surface area (Å²) >= 11 is 0. The predicted octanol–water partition coefficient (Wildman–Crippen LogP) is 6.33. The molecule has 13 nitrogen and oxygen atoms in total. The van der Waals surface area contributed by atoms with Crippen LogP contribution in [-0.4, -0.2) is 119 Å². The molecule has 1 aliphatic carbocycles. The maximum atomic E-state index is 14.3. The molecule has 1 amide bonds. The van der Waals surface area contributed by atoms with Crippen molar-refractivity contribution >= 4 is 29.2 Å². The first-order valence-electron chi connectivity index (χ1n) is 23.1. The largest absolute Gasteiger partial charge is 0.460 e. The van der Waals surface area contributed by atoms with Crippen molar-refractivity contribution in [3.8, 4) is 0 Å². The van der Waals surface area contributed by atoms with Gasteiger partial charge in [-0.25, -0.2) is 4.79 Å². The number of nitrogens with zero attached hydrogens (tertiary/aromatic N) is 1. The van der Waals surface area contributed by atoms with E-state index in [1.54, 1.807) is 40.0 Å². The molecular weight excluding hydrogens is 807 g/mol. The van der Waals surface area contributed by atoms with Crippen LogP contribution in [0, 0.1) is 35.5 Å². The summed E-state index contributed by atoms with van der Waals surface area (Å²) in [4.78, 5) is 71.4. The summed E-state index contributed by atoms with van der Waals surface area (Å²) < 4.78 is 23.4. The molecule has 0 aromatic rings. The highest BCUT2D eigenvalue weighted by Gasteiger charge is 2.52. The van der Waals surface area contributed by atoms with Crippen LogP contribution < -0.4 is 0 Å². The van der Waals surface area contributed by atoms with Crippen molar-refractivity contribution in [2.75, 3.05) is 20.8 Å². The summed E-state index contributed by atoms with van der Waals surface area (Å²) in [5.41, 5.74) is 1.27. The Hall–Kier alpha value is -3.59. The summed E-state index contributed by atoms with van der Waals surface area (Å²) in [6.07, 6.45) is 14.9. The Balaban J connectivity index is 1.69. The van der Waals surface area contributed by atoms with Crippen molar-refractivity contribution in [2.24, 2.45) is 35.5 Å². The number of aliphatic hydroxyl groups is 3. The third-order valence-corrected chi connectivity index (χ3v) is 13.7. The van der Waals surface area contributed by atoms with E-state index >= 15 is 0 Å². The van der Waals surface area contributed by atoms with Crippen LogP contribution in [0.25, 0.3) is 0 Å². The Labute approximate surface area is 375 Å². The molecule has 0 spiro atoms. The number of cyclic esters (lactones) is 1. The first-order valence-corrected chi connectivity index (χ1v) is 23.1. The van der Waals surface area contributed by atoms with Gasteiger partial charge in [-0.3, -0.25) is 19.2 Å². The molecular formula is C50H75NO12. The number of hydrogen-bond donors (Lipinski definition) is 3. The molecule has 352 valence electrons. The number of esters is 1. The van der Waals surface area contributed by atoms with Gasteiger partial charge in [-0.2, -0.15) is 0 Å². The predicted molar refractivity (Wildman–Crippen MR) is 239 cm³/mol. The number of methoxy groups -OCH3 is 2. The number of ketones is 3. The Morgan fingerprint density at radius 3 is 2.32 bits per heavy atom. The minimum Gasteiger partial charge on any atom is -0.460 e. The molecule has 1 saturated carbocycles. The van der Waals surface area contributed by atoms with Crippen LogP contribution in [0.4, 0.5) is 0 Å². The molecule has 0 radical (unpaired) electrons. The molecule has 63 heavy (non-hydrogen) atoms. The quantitative estimate of drug-likeness (QED) is 0.159. The zero-order valence-corrected chi connectivity index (χ0v) is 39.1. The number of rotatable bonds is 5. The summed E-state index contributed by atoms with van der Waals surface area (Å²) in [6.45, 7) is 12.7. The molecule has 3 fully saturated rings. The molecule has 2 bridgehead atoms. The van der Waals surface area contributed by atoms with Crippen LogP contribution in [0.3, 0.4) is 0 Å². The highest BCUT2D eigenvalue weighted by atomic mass is 16.6. The van der Waals surface area contributed by atoms with E-state index in [1.165, 1.54) is 12.0 Å².